The molecule has 2 heteroatoms. The zero-order valence-corrected chi connectivity index (χ0v) is 39.1. The largest absolute Gasteiger partial charge is 0.311 e. The lowest BCUT2D eigenvalue weighted by molar-refractivity contribution is 1.28. The summed E-state index contributed by atoms with van der Waals surface area (Å²) in [5, 5.41) is 0. The van der Waals surface area contributed by atoms with Crippen LogP contribution < -0.4 is 9.80 Å². The predicted octanol–water partition coefficient (Wildman–Crippen LogP) is 18.7. The van der Waals surface area contributed by atoms with Gasteiger partial charge in [-0.1, -0.05) is 204 Å². The Morgan fingerprint density at radius 3 is 0.515 bits per heavy atom. The second kappa shape index (κ2) is 19.6. The van der Waals surface area contributed by atoms with Crippen molar-refractivity contribution in [3.8, 4) is 44.5 Å². The Labute approximate surface area is 402 Å². The van der Waals surface area contributed by atoms with Crippen molar-refractivity contribution in [2.45, 2.75) is 27.7 Å². The maximum atomic E-state index is 2.34. The fourth-order valence-corrected chi connectivity index (χ4v) is 8.75. The molecule has 0 aliphatic carbocycles. The minimum Gasteiger partial charge on any atom is -0.311 e. The molecule has 0 saturated carbocycles. The summed E-state index contributed by atoms with van der Waals surface area (Å²) in [6.07, 6.45) is 4.39. The van der Waals surface area contributed by atoms with E-state index < -0.39 is 0 Å². The molecule has 68 heavy (non-hydrogen) atoms. The molecule has 0 N–H and O–H groups in total. The number of rotatable bonds is 12. The Kier molecular flexibility index (Phi) is 12.5. The number of hydrogen-bond acceptors (Lipinski definition) is 2. The molecule has 0 aliphatic rings. The van der Waals surface area contributed by atoms with Crippen molar-refractivity contribution in [1.82, 2.24) is 0 Å². The van der Waals surface area contributed by atoms with Crippen molar-refractivity contribution in [2.75, 3.05) is 9.80 Å². The second-order valence-corrected chi connectivity index (χ2v) is 17.8. The molecule has 10 rings (SSSR count). The predicted molar refractivity (Wildman–Crippen MR) is 292 cm³/mol. The molecule has 0 saturated heterocycles. The Morgan fingerprint density at radius 1 is 0.191 bits per heavy atom. The number of benzene rings is 10. The van der Waals surface area contributed by atoms with Crippen molar-refractivity contribution in [3.63, 3.8) is 0 Å². The minimum absolute atomic E-state index is 1.09. The van der Waals surface area contributed by atoms with Crippen molar-refractivity contribution >= 4 is 46.3 Å². The molecule has 0 aromatic heterocycles. The van der Waals surface area contributed by atoms with Gasteiger partial charge in [0.05, 0.1) is 0 Å². The zero-order chi connectivity index (χ0) is 46.4. The number of nitrogens with zero attached hydrogens (tertiary/aromatic N) is 2. The summed E-state index contributed by atoms with van der Waals surface area (Å²) in [6, 6.07) is 88.2. The van der Waals surface area contributed by atoms with E-state index in [-0.39, 0.29) is 0 Å². The summed E-state index contributed by atoms with van der Waals surface area (Å²) in [6.45, 7) is 8.51. The SMILES string of the molecule is Cc1ccc(-c2ccc(N(c3ccc(C=Cc4ccc(N(c5ccc(-c6ccc(C)cc6)cc5)c5ccc(-c6ccc(C)cc6)cc5)cc4)cc3)c3ccc(-c4ccc(C)cc4)cc3)cc2)cc1. The summed E-state index contributed by atoms with van der Waals surface area (Å²) in [5.74, 6) is 0. The summed E-state index contributed by atoms with van der Waals surface area (Å²) < 4.78 is 0. The lowest BCUT2D eigenvalue weighted by atomic mass is 10.0. The van der Waals surface area contributed by atoms with Gasteiger partial charge in [-0.3, -0.25) is 0 Å². The Morgan fingerprint density at radius 2 is 0.338 bits per heavy atom. The van der Waals surface area contributed by atoms with Crippen LogP contribution in [0.15, 0.2) is 243 Å². The van der Waals surface area contributed by atoms with Gasteiger partial charge in [-0.15, -0.1) is 0 Å². The van der Waals surface area contributed by atoms with E-state index in [9.17, 15) is 0 Å². The smallest absolute Gasteiger partial charge is 0.0462 e. The highest BCUT2D eigenvalue weighted by Crippen LogP contribution is 2.39. The van der Waals surface area contributed by atoms with Crippen LogP contribution in [0.1, 0.15) is 33.4 Å². The van der Waals surface area contributed by atoms with Crippen molar-refractivity contribution in [3.05, 3.63) is 276 Å². The van der Waals surface area contributed by atoms with Crippen LogP contribution in [0, 0.1) is 27.7 Å². The third-order valence-electron chi connectivity index (χ3n) is 12.8. The Hall–Kier alpha value is -8.46. The normalized spacial score (nSPS) is 11.2. The molecule has 0 aliphatic heterocycles. The topological polar surface area (TPSA) is 6.48 Å². The number of hydrogen-bond donors (Lipinski definition) is 0. The van der Waals surface area contributed by atoms with E-state index in [0.717, 1.165) is 45.3 Å². The first-order valence-corrected chi connectivity index (χ1v) is 23.5. The molecule has 0 fully saturated rings. The van der Waals surface area contributed by atoms with Crippen LogP contribution in [0.4, 0.5) is 34.1 Å². The fraction of sp³-hybridized carbons (Fsp3) is 0.0606. The second-order valence-electron chi connectivity index (χ2n) is 17.8. The van der Waals surface area contributed by atoms with Gasteiger partial charge < -0.3 is 9.80 Å². The summed E-state index contributed by atoms with van der Waals surface area (Å²) >= 11 is 0. The van der Waals surface area contributed by atoms with Crippen LogP contribution in [0.3, 0.4) is 0 Å². The van der Waals surface area contributed by atoms with Crippen LogP contribution in [0.2, 0.25) is 0 Å². The molecule has 10 aromatic rings. The molecular formula is C66H54N2. The van der Waals surface area contributed by atoms with Crippen molar-refractivity contribution in [2.24, 2.45) is 0 Å². The highest BCUT2D eigenvalue weighted by Gasteiger charge is 2.16. The van der Waals surface area contributed by atoms with E-state index in [1.807, 2.05) is 0 Å². The first kappa shape index (κ1) is 43.4. The van der Waals surface area contributed by atoms with Gasteiger partial charge in [-0.2, -0.15) is 0 Å². The molecule has 328 valence electrons. The van der Waals surface area contributed by atoms with E-state index in [0.29, 0.717) is 0 Å². The molecule has 0 radical (unpaired) electrons. The zero-order valence-electron chi connectivity index (χ0n) is 39.1. The van der Waals surface area contributed by atoms with Crippen LogP contribution in [-0.2, 0) is 0 Å². The van der Waals surface area contributed by atoms with Gasteiger partial charge >= 0.3 is 0 Å². The van der Waals surface area contributed by atoms with E-state index in [2.05, 4.69) is 292 Å². The summed E-state index contributed by atoms with van der Waals surface area (Å²) in [5.41, 5.74) is 23.6. The maximum Gasteiger partial charge on any atom is 0.0462 e. The highest BCUT2D eigenvalue weighted by atomic mass is 15.1. The van der Waals surface area contributed by atoms with E-state index in [1.165, 1.54) is 66.8 Å². The van der Waals surface area contributed by atoms with Crippen LogP contribution in [0.5, 0.6) is 0 Å². The first-order chi connectivity index (χ1) is 33.3. The third-order valence-corrected chi connectivity index (χ3v) is 12.8. The van der Waals surface area contributed by atoms with Crippen LogP contribution in [-0.4, -0.2) is 0 Å². The van der Waals surface area contributed by atoms with Gasteiger partial charge in [-0.25, -0.2) is 0 Å². The Balaban J connectivity index is 0.911. The average molecular weight is 875 g/mol. The lowest BCUT2D eigenvalue weighted by Crippen LogP contribution is -2.09. The standard InChI is InChI=1S/C66H54N2/c1-47-5-19-53(20-6-47)57-27-39-63(40-28-57)67(64-41-29-58(30-42-64)54-21-7-48(2)8-22-54)61-35-15-51(16-36-61)13-14-52-17-37-62(38-18-52)68(65-43-31-59(32-44-65)55-23-9-49(3)10-24-55)66-45-33-60(34-46-66)56-25-11-50(4)12-26-56/h5-46H,1-4H3. The van der Waals surface area contributed by atoms with Gasteiger partial charge in [0.25, 0.3) is 0 Å². The lowest BCUT2D eigenvalue weighted by Gasteiger charge is -2.26. The average Bonchev–Trinajstić information content (AvgIpc) is 3.38. The molecule has 0 heterocycles. The first-order valence-electron chi connectivity index (χ1n) is 23.5. The molecule has 2 nitrogen and oxygen atoms in total. The van der Waals surface area contributed by atoms with Gasteiger partial charge in [0, 0.05) is 34.1 Å². The summed E-state index contributed by atoms with van der Waals surface area (Å²) in [7, 11) is 0. The van der Waals surface area contributed by atoms with Gasteiger partial charge in [0.2, 0.25) is 0 Å². The summed E-state index contributed by atoms with van der Waals surface area (Å²) in [4.78, 5) is 4.67. The molecule has 0 unspecified atom stereocenters. The molecule has 10 aromatic carbocycles. The molecule has 0 amide bonds. The molecule has 0 bridgehead atoms. The van der Waals surface area contributed by atoms with Crippen LogP contribution >= 0.6 is 0 Å². The minimum atomic E-state index is 1.09. The number of aryl methyl sites for hydroxylation is 4. The van der Waals surface area contributed by atoms with Gasteiger partial charge in [0.1, 0.15) is 0 Å². The quantitative estimate of drug-likeness (QED) is 0.113. The third kappa shape index (κ3) is 9.87. The number of anilines is 6. The maximum absolute atomic E-state index is 2.34. The van der Waals surface area contributed by atoms with Gasteiger partial charge in [0.15, 0.2) is 0 Å². The fourth-order valence-electron chi connectivity index (χ4n) is 8.75. The van der Waals surface area contributed by atoms with Crippen molar-refractivity contribution < 1.29 is 0 Å². The molecular weight excluding hydrogens is 821 g/mol. The van der Waals surface area contributed by atoms with Gasteiger partial charge in [-0.05, 0) is 156 Å². The highest BCUT2D eigenvalue weighted by molar-refractivity contribution is 5.83. The monoisotopic (exact) mass is 874 g/mol. The van der Waals surface area contributed by atoms with Crippen molar-refractivity contribution in [1.29, 1.82) is 0 Å². The Bertz CT molecular complexity index is 2850. The molecule has 0 spiro atoms. The van der Waals surface area contributed by atoms with E-state index in [4.69, 9.17) is 0 Å². The van der Waals surface area contributed by atoms with E-state index in [1.54, 1.807) is 0 Å². The van der Waals surface area contributed by atoms with E-state index >= 15 is 0 Å². The molecule has 0 atom stereocenters. The van der Waals surface area contributed by atoms with Crippen LogP contribution in [0.25, 0.3) is 56.7 Å².